The van der Waals surface area contributed by atoms with Gasteiger partial charge in [-0.25, -0.2) is 0 Å². The van der Waals surface area contributed by atoms with Gasteiger partial charge in [0.25, 0.3) is 11.6 Å². The molecule has 0 fully saturated rings. The van der Waals surface area contributed by atoms with E-state index < -0.39 is 10.8 Å². The number of nitrogens with one attached hydrogen (secondary N) is 1. The lowest BCUT2D eigenvalue weighted by Gasteiger charge is -2.06. The third-order valence-corrected chi connectivity index (χ3v) is 4.60. The van der Waals surface area contributed by atoms with Crippen molar-refractivity contribution in [1.29, 1.82) is 0 Å². The van der Waals surface area contributed by atoms with Crippen LogP contribution in [0.25, 0.3) is 17.5 Å². The van der Waals surface area contributed by atoms with E-state index in [2.05, 4.69) is 15.5 Å². The topological polar surface area (TPSA) is 111 Å². The van der Waals surface area contributed by atoms with Crippen LogP contribution in [0.1, 0.15) is 17.0 Å². The molecule has 8 heteroatoms. The summed E-state index contributed by atoms with van der Waals surface area (Å²) in [5.41, 5.74) is 2.67. The van der Waals surface area contributed by atoms with Crippen molar-refractivity contribution in [2.45, 2.75) is 6.42 Å². The molecule has 1 N–H and O–H groups in total. The molecule has 0 spiro atoms. The standard InChI is InChI=1S/C24H18N4O4/c29-23(14-13-18-9-6-10-19(15-18)28(30)31)25-21-12-5-4-11-20(21)24-26-22(27-32-24)16-17-7-2-1-3-8-17/h1-15H,16H2,(H,25,29)/b14-13+. The minimum atomic E-state index is -0.482. The van der Waals surface area contributed by atoms with Crippen molar-refractivity contribution < 1.29 is 14.2 Å². The average molecular weight is 426 g/mol. The van der Waals surface area contributed by atoms with Crippen molar-refractivity contribution in [1.82, 2.24) is 10.1 Å². The monoisotopic (exact) mass is 426 g/mol. The molecule has 0 atom stereocenters. The summed E-state index contributed by atoms with van der Waals surface area (Å²) < 4.78 is 5.42. The summed E-state index contributed by atoms with van der Waals surface area (Å²) in [6.45, 7) is 0. The maximum Gasteiger partial charge on any atom is 0.270 e. The maximum atomic E-state index is 12.4. The average Bonchev–Trinajstić information content (AvgIpc) is 3.27. The molecule has 4 rings (SSSR count). The highest BCUT2D eigenvalue weighted by Crippen LogP contribution is 2.27. The fourth-order valence-corrected chi connectivity index (χ4v) is 3.08. The van der Waals surface area contributed by atoms with Crippen molar-refractivity contribution in [2.75, 3.05) is 5.32 Å². The molecule has 0 aliphatic carbocycles. The number of hydrogen-bond donors (Lipinski definition) is 1. The number of benzene rings is 3. The Morgan fingerprint density at radius 1 is 1.03 bits per heavy atom. The van der Waals surface area contributed by atoms with Gasteiger partial charge in [-0.1, -0.05) is 59.8 Å². The SMILES string of the molecule is O=C(/C=C/c1cccc([N+](=O)[O-])c1)Nc1ccccc1-c1nc(Cc2ccccc2)no1. The highest BCUT2D eigenvalue weighted by Gasteiger charge is 2.14. The van der Waals surface area contributed by atoms with Crippen LogP contribution in [-0.2, 0) is 11.2 Å². The van der Waals surface area contributed by atoms with E-state index in [1.165, 1.54) is 24.3 Å². The number of nitrogens with zero attached hydrogens (tertiary/aromatic N) is 3. The molecule has 158 valence electrons. The summed E-state index contributed by atoms with van der Waals surface area (Å²) in [5.74, 6) is 0.445. The second-order valence-electron chi connectivity index (χ2n) is 6.90. The Morgan fingerprint density at radius 3 is 2.62 bits per heavy atom. The number of non-ortho nitro benzene ring substituents is 1. The van der Waals surface area contributed by atoms with Gasteiger partial charge >= 0.3 is 0 Å². The molecular formula is C24H18N4O4. The van der Waals surface area contributed by atoms with Crippen molar-refractivity contribution in [3.05, 3.63) is 112 Å². The van der Waals surface area contributed by atoms with Crippen LogP contribution >= 0.6 is 0 Å². The van der Waals surface area contributed by atoms with Crippen LogP contribution in [0.3, 0.4) is 0 Å². The summed E-state index contributed by atoms with van der Waals surface area (Å²) in [4.78, 5) is 27.3. The van der Waals surface area contributed by atoms with Gasteiger partial charge in [-0.05, 0) is 29.3 Å². The van der Waals surface area contributed by atoms with Crippen molar-refractivity contribution in [2.24, 2.45) is 0 Å². The number of nitro groups is 1. The molecule has 0 saturated carbocycles. The van der Waals surface area contributed by atoms with Crippen molar-refractivity contribution in [3.8, 4) is 11.5 Å². The molecule has 8 nitrogen and oxygen atoms in total. The molecule has 1 amide bonds. The predicted octanol–water partition coefficient (Wildman–Crippen LogP) is 4.89. The van der Waals surface area contributed by atoms with Crippen LogP contribution in [0, 0.1) is 10.1 Å². The van der Waals surface area contributed by atoms with E-state index >= 15 is 0 Å². The molecule has 0 aliphatic rings. The maximum absolute atomic E-state index is 12.4. The number of aromatic nitrogens is 2. The van der Waals surface area contributed by atoms with Gasteiger partial charge in [0.05, 0.1) is 16.2 Å². The predicted molar refractivity (Wildman–Crippen MR) is 120 cm³/mol. The number of carbonyl (C=O) groups excluding carboxylic acids is 1. The van der Waals surface area contributed by atoms with Crippen molar-refractivity contribution >= 4 is 23.4 Å². The van der Waals surface area contributed by atoms with Gasteiger partial charge in [-0.2, -0.15) is 4.98 Å². The molecule has 0 aliphatic heterocycles. The number of amides is 1. The van der Waals surface area contributed by atoms with Gasteiger partial charge in [0.2, 0.25) is 5.91 Å². The minimum absolute atomic E-state index is 0.0411. The number of para-hydroxylation sites is 1. The van der Waals surface area contributed by atoms with E-state index in [-0.39, 0.29) is 5.69 Å². The number of hydrogen-bond acceptors (Lipinski definition) is 6. The van der Waals surface area contributed by atoms with Crippen LogP contribution in [0.4, 0.5) is 11.4 Å². The van der Waals surface area contributed by atoms with E-state index in [9.17, 15) is 14.9 Å². The Bertz CT molecular complexity index is 1280. The third kappa shape index (κ3) is 5.11. The van der Waals surface area contributed by atoms with Crippen molar-refractivity contribution in [3.63, 3.8) is 0 Å². The zero-order chi connectivity index (χ0) is 22.3. The summed E-state index contributed by atoms with van der Waals surface area (Å²) in [5, 5.41) is 17.7. The van der Waals surface area contributed by atoms with Gasteiger partial charge in [-0.3, -0.25) is 14.9 Å². The van der Waals surface area contributed by atoms with Crippen LogP contribution in [0.15, 0.2) is 89.5 Å². The summed E-state index contributed by atoms with van der Waals surface area (Å²) in [7, 11) is 0. The first-order chi connectivity index (χ1) is 15.6. The first kappa shape index (κ1) is 20.7. The Balaban J connectivity index is 1.48. The number of nitro benzene ring substituents is 1. The molecule has 3 aromatic carbocycles. The van der Waals surface area contributed by atoms with E-state index in [1.807, 2.05) is 36.4 Å². The van der Waals surface area contributed by atoms with E-state index in [0.717, 1.165) is 5.56 Å². The van der Waals surface area contributed by atoms with Crippen LogP contribution in [0.5, 0.6) is 0 Å². The first-order valence-electron chi connectivity index (χ1n) is 9.78. The lowest BCUT2D eigenvalue weighted by atomic mass is 10.1. The zero-order valence-corrected chi connectivity index (χ0v) is 16.8. The van der Waals surface area contributed by atoms with Gasteiger partial charge in [0.15, 0.2) is 5.82 Å². The number of carbonyl (C=O) groups is 1. The van der Waals surface area contributed by atoms with Gasteiger partial charge in [0.1, 0.15) is 0 Å². The quantitative estimate of drug-likeness (QED) is 0.256. The Kier molecular flexibility index (Phi) is 6.12. The summed E-state index contributed by atoms with van der Waals surface area (Å²) >= 11 is 0. The fraction of sp³-hybridized carbons (Fsp3) is 0.0417. The van der Waals surface area contributed by atoms with Crippen LogP contribution in [0.2, 0.25) is 0 Å². The fourth-order valence-electron chi connectivity index (χ4n) is 3.08. The van der Waals surface area contributed by atoms with Gasteiger partial charge in [-0.15, -0.1) is 0 Å². The molecule has 32 heavy (non-hydrogen) atoms. The van der Waals surface area contributed by atoms with Crippen LogP contribution < -0.4 is 5.32 Å². The van der Waals surface area contributed by atoms with E-state index in [0.29, 0.717) is 35.0 Å². The molecule has 4 aromatic rings. The Morgan fingerprint density at radius 2 is 1.81 bits per heavy atom. The third-order valence-electron chi connectivity index (χ3n) is 4.60. The summed E-state index contributed by atoms with van der Waals surface area (Å²) in [6.07, 6.45) is 3.35. The number of rotatable bonds is 7. The first-order valence-corrected chi connectivity index (χ1v) is 9.78. The molecule has 0 saturated heterocycles. The van der Waals surface area contributed by atoms with Gasteiger partial charge in [0, 0.05) is 24.6 Å². The molecule has 0 unspecified atom stereocenters. The van der Waals surface area contributed by atoms with E-state index in [4.69, 9.17) is 4.52 Å². The molecule has 0 bridgehead atoms. The van der Waals surface area contributed by atoms with E-state index in [1.54, 1.807) is 30.3 Å². The van der Waals surface area contributed by atoms with Gasteiger partial charge < -0.3 is 9.84 Å². The largest absolute Gasteiger partial charge is 0.334 e. The summed E-state index contributed by atoms with van der Waals surface area (Å²) in [6, 6.07) is 22.9. The highest BCUT2D eigenvalue weighted by atomic mass is 16.6. The molecule has 0 radical (unpaired) electrons. The lowest BCUT2D eigenvalue weighted by molar-refractivity contribution is -0.384. The smallest absolute Gasteiger partial charge is 0.270 e. The molecular weight excluding hydrogens is 408 g/mol. The van der Waals surface area contributed by atoms with Crippen LogP contribution in [-0.4, -0.2) is 21.0 Å². The Labute approximate surface area is 183 Å². The highest BCUT2D eigenvalue weighted by molar-refractivity contribution is 6.03. The second-order valence-corrected chi connectivity index (χ2v) is 6.90. The molecule has 1 heterocycles. The second kappa shape index (κ2) is 9.48. The zero-order valence-electron chi connectivity index (χ0n) is 16.8. The normalized spacial score (nSPS) is 10.9. The lowest BCUT2D eigenvalue weighted by Crippen LogP contribution is -2.08. The minimum Gasteiger partial charge on any atom is -0.334 e. The molecule has 1 aromatic heterocycles. The number of anilines is 1. The Hall–Kier alpha value is -4.59.